The summed E-state index contributed by atoms with van der Waals surface area (Å²) in [4.78, 5) is 16.8. The molecule has 0 aliphatic heterocycles. The zero-order valence-electron chi connectivity index (χ0n) is 10.7. The number of rotatable bonds is 5. The lowest BCUT2D eigenvalue weighted by molar-refractivity contribution is -0.217. The zero-order chi connectivity index (χ0) is 15.6. The van der Waals surface area contributed by atoms with Gasteiger partial charge in [-0.15, -0.1) is 0 Å². The van der Waals surface area contributed by atoms with E-state index < -0.39 is 18.8 Å². The van der Waals surface area contributed by atoms with Crippen molar-refractivity contribution in [2.45, 2.75) is 18.8 Å². The SMILES string of the molecule is NCC(OCCn1c(=S)[nH]c(=O)c2[nH]ccc21)C(F)(F)F. The van der Waals surface area contributed by atoms with Crippen molar-refractivity contribution >= 4 is 23.3 Å². The topological polar surface area (TPSA) is 88.8 Å². The van der Waals surface area contributed by atoms with Crippen molar-refractivity contribution in [1.82, 2.24) is 14.5 Å². The summed E-state index contributed by atoms with van der Waals surface area (Å²) in [5.41, 5.74) is 5.46. The number of fused-ring (bicyclic) bond motifs is 1. The molecule has 21 heavy (non-hydrogen) atoms. The Kier molecular flexibility index (Phi) is 4.49. The summed E-state index contributed by atoms with van der Waals surface area (Å²) < 4.78 is 43.9. The predicted molar refractivity (Wildman–Crippen MR) is 72.6 cm³/mol. The fourth-order valence-corrected chi connectivity index (χ4v) is 2.19. The number of aromatic nitrogens is 3. The van der Waals surface area contributed by atoms with Gasteiger partial charge in [-0.05, 0) is 18.3 Å². The third-order valence-corrected chi connectivity index (χ3v) is 3.24. The number of nitrogens with two attached hydrogens (primary N) is 1. The van der Waals surface area contributed by atoms with E-state index in [0.29, 0.717) is 11.0 Å². The van der Waals surface area contributed by atoms with E-state index in [4.69, 9.17) is 22.7 Å². The zero-order valence-corrected chi connectivity index (χ0v) is 11.6. The lowest BCUT2D eigenvalue weighted by atomic mass is 10.3. The van der Waals surface area contributed by atoms with Gasteiger partial charge in [-0.2, -0.15) is 13.2 Å². The van der Waals surface area contributed by atoms with Crippen molar-refractivity contribution in [2.75, 3.05) is 13.2 Å². The second-order valence-electron chi connectivity index (χ2n) is 4.29. The summed E-state index contributed by atoms with van der Waals surface area (Å²) in [7, 11) is 0. The summed E-state index contributed by atoms with van der Waals surface area (Å²) in [6, 6.07) is 1.62. The van der Waals surface area contributed by atoms with Crippen LogP contribution in [0, 0.1) is 4.77 Å². The normalized spacial score (nSPS) is 13.7. The van der Waals surface area contributed by atoms with E-state index >= 15 is 0 Å². The van der Waals surface area contributed by atoms with E-state index in [9.17, 15) is 18.0 Å². The van der Waals surface area contributed by atoms with Crippen LogP contribution in [0.2, 0.25) is 0 Å². The van der Waals surface area contributed by atoms with Crippen molar-refractivity contribution in [1.29, 1.82) is 0 Å². The molecule has 1 unspecified atom stereocenters. The Morgan fingerprint density at radius 1 is 1.48 bits per heavy atom. The summed E-state index contributed by atoms with van der Waals surface area (Å²) in [6.07, 6.45) is -4.98. The van der Waals surface area contributed by atoms with Gasteiger partial charge in [-0.3, -0.25) is 9.78 Å². The van der Waals surface area contributed by atoms with Gasteiger partial charge in [0.1, 0.15) is 5.52 Å². The van der Waals surface area contributed by atoms with Crippen LogP contribution in [0.5, 0.6) is 0 Å². The fourth-order valence-electron chi connectivity index (χ4n) is 1.91. The van der Waals surface area contributed by atoms with Crippen LogP contribution in [0.25, 0.3) is 11.0 Å². The van der Waals surface area contributed by atoms with Crippen molar-refractivity contribution in [3.05, 3.63) is 27.4 Å². The first-order chi connectivity index (χ1) is 9.84. The van der Waals surface area contributed by atoms with Crippen LogP contribution in [0.1, 0.15) is 0 Å². The molecule has 0 aromatic carbocycles. The number of nitrogens with one attached hydrogen (secondary N) is 2. The summed E-state index contributed by atoms with van der Waals surface area (Å²) in [5, 5.41) is 0. The molecule has 0 fully saturated rings. The van der Waals surface area contributed by atoms with Crippen LogP contribution < -0.4 is 11.3 Å². The highest BCUT2D eigenvalue weighted by atomic mass is 32.1. The maximum Gasteiger partial charge on any atom is 0.415 e. The average Bonchev–Trinajstić information content (AvgIpc) is 2.85. The molecule has 2 aromatic rings. The van der Waals surface area contributed by atoms with Gasteiger partial charge < -0.3 is 20.0 Å². The monoisotopic (exact) mass is 322 g/mol. The van der Waals surface area contributed by atoms with Gasteiger partial charge in [0, 0.05) is 19.3 Å². The summed E-state index contributed by atoms with van der Waals surface area (Å²) >= 11 is 5.00. The highest BCUT2D eigenvalue weighted by Crippen LogP contribution is 2.22. The number of H-pyrrole nitrogens is 2. The number of alkyl halides is 3. The molecule has 2 rings (SSSR count). The average molecular weight is 322 g/mol. The number of ether oxygens (including phenoxy) is 1. The predicted octanol–water partition coefficient (Wildman–Crippen LogP) is 1.29. The van der Waals surface area contributed by atoms with E-state index in [-0.39, 0.29) is 23.5 Å². The molecule has 0 saturated heterocycles. The van der Waals surface area contributed by atoms with Gasteiger partial charge in [0.15, 0.2) is 10.9 Å². The molecule has 10 heteroatoms. The van der Waals surface area contributed by atoms with Crippen molar-refractivity contribution < 1.29 is 17.9 Å². The molecule has 1 atom stereocenters. The second kappa shape index (κ2) is 6.00. The van der Waals surface area contributed by atoms with Crippen molar-refractivity contribution in [2.24, 2.45) is 5.73 Å². The molecule has 2 heterocycles. The van der Waals surface area contributed by atoms with Crippen molar-refractivity contribution in [3.63, 3.8) is 0 Å². The lowest BCUT2D eigenvalue weighted by Crippen LogP contribution is -2.39. The fraction of sp³-hybridized carbons (Fsp3) is 0.455. The van der Waals surface area contributed by atoms with Gasteiger partial charge in [0.2, 0.25) is 0 Å². The Morgan fingerprint density at radius 3 is 2.81 bits per heavy atom. The Balaban J connectivity index is 2.16. The van der Waals surface area contributed by atoms with Gasteiger partial charge in [0.25, 0.3) is 5.56 Å². The van der Waals surface area contributed by atoms with Gasteiger partial charge in [-0.25, -0.2) is 0 Å². The van der Waals surface area contributed by atoms with E-state index in [1.165, 1.54) is 4.57 Å². The molecule has 4 N–H and O–H groups in total. The number of hydrogen-bond donors (Lipinski definition) is 3. The molecule has 0 bridgehead atoms. The molecule has 0 saturated carbocycles. The van der Waals surface area contributed by atoms with E-state index in [0.717, 1.165) is 0 Å². The maximum absolute atomic E-state index is 12.5. The minimum absolute atomic E-state index is 0.0660. The maximum atomic E-state index is 12.5. The minimum atomic E-state index is -4.51. The Bertz CT molecular complexity index is 733. The number of nitrogens with zero attached hydrogens (tertiary/aromatic N) is 1. The first kappa shape index (κ1) is 15.7. The third kappa shape index (κ3) is 3.34. The Labute approximate surface area is 121 Å². The molecule has 0 aliphatic carbocycles. The number of aromatic amines is 2. The van der Waals surface area contributed by atoms with Gasteiger partial charge >= 0.3 is 6.18 Å². The highest BCUT2D eigenvalue weighted by molar-refractivity contribution is 7.71. The van der Waals surface area contributed by atoms with Crippen LogP contribution in [-0.2, 0) is 11.3 Å². The van der Waals surface area contributed by atoms with E-state index in [1.807, 2.05) is 0 Å². The first-order valence-corrected chi connectivity index (χ1v) is 6.44. The lowest BCUT2D eigenvalue weighted by Gasteiger charge is -2.19. The number of halogens is 3. The summed E-state index contributed by atoms with van der Waals surface area (Å²) in [5.74, 6) is 0. The third-order valence-electron chi connectivity index (χ3n) is 2.92. The molecule has 116 valence electrons. The van der Waals surface area contributed by atoms with Crippen LogP contribution in [-0.4, -0.2) is 40.0 Å². The van der Waals surface area contributed by atoms with E-state index in [1.54, 1.807) is 12.3 Å². The summed E-state index contributed by atoms with van der Waals surface area (Å²) in [6.45, 7) is -0.821. The van der Waals surface area contributed by atoms with Crippen LogP contribution in [0.3, 0.4) is 0 Å². The second-order valence-corrected chi connectivity index (χ2v) is 4.67. The molecule has 0 aliphatic rings. The Hall–Kier alpha value is -1.65. The molecular formula is C11H13F3N4O2S. The molecule has 2 aromatic heterocycles. The van der Waals surface area contributed by atoms with Crippen molar-refractivity contribution in [3.8, 4) is 0 Å². The molecule has 0 spiro atoms. The molecule has 0 radical (unpaired) electrons. The van der Waals surface area contributed by atoms with Crippen LogP contribution >= 0.6 is 12.2 Å². The Morgan fingerprint density at radius 2 is 2.19 bits per heavy atom. The number of hydrogen-bond acceptors (Lipinski definition) is 4. The first-order valence-electron chi connectivity index (χ1n) is 6.03. The standard InChI is InChI=1S/C11H13F3N4O2S/c12-11(13,14)7(5-15)20-4-3-18-6-1-2-16-8(6)9(19)17-10(18)21/h1-2,7,16H,3-5,15H2,(H,17,19,21). The highest BCUT2D eigenvalue weighted by Gasteiger charge is 2.39. The molecule has 0 amide bonds. The molecular weight excluding hydrogens is 309 g/mol. The van der Waals surface area contributed by atoms with Crippen LogP contribution in [0.4, 0.5) is 13.2 Å². The minimum Gasteiger partial charge on any atom is -0.366 e. The van der Waals surface area contributed by atoms with E-state index in [2.05, 4.69) is 9.97 Å². The molecule has 6 nitrogen and oxygen atoms in total. The largest absolute Gasteiger partial charge is 0.415 e. The van der Waals surface area contributed by atoms with Crippen LogP contribution in [0.15, 0.2) is 17.1 Å². The quantitative estimate of drug-likeness (QED) is 0.724. The van der Waals surface area contributed by atoms with Gasteiger partial charge in [-0.1, -0.05) is 0 Å². The van der Waals surface area contributed by atoms with Gasteiger partial charge in [0.05, 0.1) is 12.1 Å². The smallest absolute Gasteiger partial charge is 0.366 e.